The molecule has 2 saturated carbocycles. The van der Waals surface area contributed by atoms with E-state index in [0.717, 1.165) is 0 Å². The van der Waals surface area contributed by atoms with Crippen molar-refractivity contribution in [1.29, 1.82) is 0 Å². The second-order valence-corrected chi connectivity index (χ2v) is 16.3. The number of fused-ring (bicyclic) bond motifs is 2. The molecule has 3 N–H and O–H groups in total. The van der Waals surface area contributed by atoms with Gasteiger partial charge in [-0.3, -0.25) is 23.9 Å². The van der Waals surface area contributed by atoms with E-state index in [1.165, 1.54) is 4.90 Å². The molecule has 0 aromatic carbocycles. The van der Waals surface area contributed by atoms with Crippen molar-refractivity contribution in [2.24, 2.45) is 11.3 Å². The summed E-state index contributed by atoms with van der Waals surface area (Å²) in [7, 11) is -3.90. The number of esters is 1. The maximum atomic E-state index is 14.0. The molecule has 4 amide bonds. The van der Waals surface area contributed by atoms with Crippen molar-refractivity contribution >= 4 is 39.8 Å². The highest BCUT2D eigenvalue weighted by Crippen LogP contribution is 2.46. The van der Waals surface area contributed by atoms with Gasteiger partial charge in [0, 0.05) is 18.9 Å². The van der Waals surface area contributed by atoms with Crippen LogP contribution in [0.4, 0.5) is 4.79 Å². The lowest BCUT2D eigenvalue weighted by atomic mass is 9.97. The van der Waals surface area contributed by atoms with Crippen LogP contribution in [0.15, 0.2) is 12.2 Å². The van der Waals surface area contributed by atoms with Gasteiger partial charge in [-0.25, -0.2) is 13.2 Å². The Morgan fingerprint density at radius 3 is 2.40 bits per heavy atom. The molecule has 2 aliphatic heterocycles. The van der Waals surface area contributed by atoms with Gasteiger partial charge in [-0.15, -0.1) is 0 Å². The lowest BCUT2D eigenvalue weighted by Gasteiger charge is -2.30. The van der Waals surface area contributed by atoms with Gasteiger partial charge in [0.05, 0.1) is 23.8 Å². The smallest absolute Gasteiger partial charge is 0.408 e. The number of ether oxygens (including phenoxy) is 3. The summed E-state index contributed by atoms with van der Waals surface area (Å²) in [6, 6.07) is -2.26. The lowest BCUT2D eigenvalue weighted by molar-refractivity contribution is -0.158. The molecule has 2 heterocycles. The molecule has 0 unspecified atom stereocenters. The normalized spacial score (nSPS) is 29.7. The average molecular weight is 655 g/mol. The van der Waals surface area contributed by atoms with Crippen LogP contribution >= 0.6 is 0 Å². The minimum Gasteiger partial charge on any atom is -0.460 e. The average Bonchev–Trinajstić information content (AvgIpc) is 3.82. The van der Waals surface area contributed by atoms with Crippen molar-refractivity contribution in [1.82, 2.24) is 20.3 Å². The minimum atomic E-state index is -3.90. The van der Waals surface area contributed by atoms with Gasteiger partial charge in [-0.05, 0) is 73.6 Å². The third-order valence-electron chi connectivity index (χ3n) is 8.05. The summed E-state index contributed by atoms with van der Waals surface area (Å²) in [5, 5.41) is 4.72. The Morgan fingerprint density at radius 1 is 1.09 bits per heavy atom. The van der Waals surface area contributed by atoms with Crippen molar-refractivity contribution in [3.8, 4) is 0 Å². The molecule has 15 heteroatoms. The van der Waals surface area contributed by atoms with E-state index >= 15 is 0 Å². The Balaban J connectivity index is 1.63. The first kappa shape index (κ1) is 34.7. The molecule has 0 aromatic heterocycles. The number of hydrogen-bond donors (Lipinski definition) is 3. The molecule has 14 nitrogen and oxygen atoms in total. The van der Waals surface area contributed by atoms with Gasteiger partial charge in [-0.1, -0.05) is 12.2 Å². The Hall–Kier alpha value is -3.20. The van der Waals surface area contributed by atoms with E-state index in [-0.39, 0.29) is 39.0 Å². The highest BCUT2D eigenvalue weighted by molar-refractivity contribution is 7.91. The van der Waals surface area contributed by atoms with Crippen molar-refractivity contribution in [3.05, 3.63) is 12.2 Å². The largest absolute Gasteiger partial charge is 0.460 e. The maximum Gasteiger partial charge on any atom is 0.408 e. The number of carbonyl (C=O) groups excluding carboxylic acids is 5. The van der Waals surface area contributed by atoms with E-state index in [2.05, 4.69) is 15.4 Å². The van der Waals surface area contributed by atoms with Gasteiger partial charge < -0.3 is 29.7 Å². The number of hydrogen-bond acceptors (Lipinski definition) is 10. The van der Waals surface area contributed by atoms with Crippen LogP contribution in [0.5, 0.6) is 0 Å². The fourth-order valence-electron chi connectivity index (χ4n) is 5.34. The topological polar surface area (TPSA) is 187 Å². The van der Waals surface area contributed by atoms with Crippen molar-refractivity contribution in [2.75, 3.05) is 19.8 Å². The van der Waals surface area contributed by atoms with E-state index in [1.807, 2.05) is 0 Å². The molecule has 0 aromatic rings. The number of sulfonamides is 1. The molecule has 0 spiro atoms. The molecule has 252 valence electrons. The summed E-state index contributed by atoms with van der Waals surface area (Å²) in [6.07, 6.45) is 3.32. The Labute approximate surface area is 264 Å². The summed E-state index contributed by atoms with van der Waals surface area (Å²) in [6.45, 7) is 10.4. The third-order valence-corrected chi connectivity index (χ3v) is 9.87. The molecular weight excluding hydrogens is 608 g/mol. The first-order valence-electron chi connectivity index (χ1n) is 15.5. The number of nitrogens with one attached hydrogen (secondary N) is 3. The Bertz CT molecular complexity index is 1330. The zero-order valence-electron chi connectivity index (χ0n) is 26.8. The second-order valence-electron chi connectivity index (χ2n) is 14.3. The molecule has 3 fully saturated rings. The SMILES string of the molecule is CC(C)(C)OC(=O)N[C@H]1CCCOCC=C[C@@H]2C[C@@]2(C(=O)NS(=O)(=O)C2CC2)NC(=O)[C@@H]2C[C@@H](OC(=O)C(C)(C)C)CN2C1=O. The van der Waals surface area contributed by atoms with Gasteiger partial charge >= 0.3 is 12.1 Å². The minimum absolute atomic E-state index is 0.0553. The van der Waals surface area contributed by atoms with Crippen molar-refractivity contribution in [2.45, 2.75) is 115 Å². The van der Waals surface area contributed by atoms with Gasteiger partial charge in [0.1, 0.15) is 29.3 Å². The number of rotatable bonds is 5. The fraction of sp³-hybridized carbons (Fsp3) is 0.767. The van der Waals surface area contributed by atoms with Crippen LogP contribution in [-0.2, 0) is 43.4 Å². The maximum absolute atomic E-state index is 14.0. The van der Waals surface area contributed by atoms with Gasteiger partial charge in [0.15, 0.2) is 0 Å². The summed E-state index contributed by atoms with van der Waals surface area (Å²) >= 11 is 0. The highest BCUT2D eigenvalue weighted by atomic mass is 32.2. The number of nitrogens with zero attached hydrogens (tertiary/aromatic N) is 1. The zero-order chi connectivity index (χ0) is 33.4. The Morgan fingerprint density at radius 2 is 1.78 bits per heavy atom. The van der Waals surface area contributed by atoms with Crippen LogP contribution in [0.1, 0.15) is 80.1 Å². The van der Waals surface area contributed by atoms with E-state index in [0.29, 0.717) is 19.3 Å². The second kappa shape index (κ2) is 12.9. The van der Waals surface area contributed by atoms with Crippen LogP contribution in [-0.4, -0.2) is 97.4 Å². The van der Waals surface area contributed by atoms with Crippen LogP contribution in [0.25, 0.3) is 0 Å². The molecule has 45 heavy (non-hydrogen) atoms. The van der Waals surface area contributed by atoms with Crippen molar-refractivity contribution < 1.29 is 46.6 Å². The Kier molecular flexibility index (Phi) is 9.93. The van der Waals surface area contributed by atoms with Crippen molar-refractivity contribution in [3.63, 3.8) is 0 Å². The molecule has 1 saturated heterocycles. The lowest BCUT2D eigenvalue weighted by Crippen LogP contribution is -2.58. The third kappa shape index (κ3) is 8.75. The standard InChI is InChI=1S/C30H46N4O10S/c1-28(2,3)26(38)43-19-15-22-23(35)32-30(25(37)33-45(40,41)20-11-12-20)16-18(30)9-7-13-42-14-8-10-21(24(36)34(22)17-19)31-27(39)44-29(4,5)6/h7,9,18-22H,8,10-17H2,1-6H3,(H,31,39)(H,32,35)(H,33,37)/t18-,19-,21+,22+,30-/m1/s1. The van der Waals surface area contributed by atoms with Crippen LogP contribution in [0, 0.1) is 11.3 Å². The monoisotopic (exact) mass is 654 g/mol. The molecule has 0 radical (unpaired) electrons. The molecule has 2 aliphatic carbocycles. The van der Waals surface area contributed by atoms with E-state index < -0.39 is 85.7 Å². The quantitative estimate of drug-likeness (QED) is 0.288. The highest BCUT2D eigenvalue weighted by Gasteiger charge is 2.62. The molecule has 4 rings (SSSR count). The van der Waals surface area contributed by atoms with Gasteiger partial charge in [-0.2, -0.15) is 0 Å². The first-order chi connectivity index (χ1) is 20.8. The summed E-state index contributed by atoms with van der Waals surface area (Å²) < 4.78 is 44.1. The number of amides is 4. The summed E-state index contributed by atoms with van der Waals surface area (Å²) in [5.74, 6) is -3.16. The van der Waals surface area contributed by atoms with E-state index in [4.69, 9.17) is 14.2 Å². The van der Waals surface area contributed by atoms with E-state index in [1.54, 1.807) is 53.7 Å². The molecular formula is C30H46N4O10S. The fourth-order valence-corrected chi connectivity index (χ4v) is 6.70. The van der Waals surface area contributed by atoms with Crippen LogP contribution < -0.4 is 15.4 Å². The predicted molar refractivity (Wildman–Crippen MR) is 161 cm³/mol. The van der Waals surface area contributed by atoms with E-state index in [9.17, 15) is 32.4 Å². The summed E-state index contributed by atoms with van der Waals surface area (Å²) in [4.78, 5) is 68.1. The molecule has 4 aliphatic rings. The van der Waals surface area contributed by atoms with Crippen LogP contribution in [0.2, 0.25) is 0 Å². The zero-order valence-corrected chi connectivity index (χ0v) is 27.7. The molecule has 5 atom stereocenters. The van der Waals surface area contributed by atoms with Gasteiger partial charge in [0.2, 0.25) is 21.8 Å². The predicted octanol–water partition coefficient (Wildman–Crippen LogP) is 1.29. The number of alkyl carbamates (subject to hydrolysis) is 1. The summed E-state index contributed by atoms with van der Waals surface area (Å²) in [5.41, 5.74) is -3.22. The van der Waals surface area contributed by atoms with Gasteiger partial charge in [0.25, 0.3) is 5.91 Å². The molecule has 0 bridgehead atoms. The number of carbonyl (C=O) groups is 5. The first-order valence-corrected chi connectivity index (χ1v) is 17.0. The van der Waals surface area contributed by atoms with Crippen LogP contribution in [0.3, 0.4) is 0 Å².